The van der Waals surface area contributed by atoms with Crippen LogP contribution in [0.15, 0.2) is 25.0 Å². The average Bonchev–Trinajstić information content (AvgIpc) is 2.93. The van der Waals surface area contributed by atoms with Crippen LogP contribution in [0.2, 0.25) is 0 Å². The van der Waals surface area contributed by atoms with Crippen LogP contribution in [0, 0.1) is 0 Å². The van der Waals surface area contributed by atoms with Gasteiger partial charge in [-0.15, -0.1) is 0 Å². The summed E-state index contributed by atoms with van der Waals surface area (Å²) in [5, 5.41) is 6.83. The molecule has 1 aliphatic heterocycles. The van der Waals surface area contributed by atoms with Gasteiger partial charge in [-0.2, -0.15) is 5.10 Å². The molecule has 1 N–H and O–H groups in total. The van der Waals surface area contributed by atoms with Gasteiger partial charge in [-0.1, -0.05) is 6.58 Å². The Morgan fingerprint density at radius 2 is 2.38 bits per heavy atom. The molecule has 1 atom stereocenters. The Morgan fingerprint density at radius 3 is 3.05 bits per heavy atom. The topological polar surface area (TPSA) is 67.2 Å². The first-order chi connectivity index (χ1) is 10.1. The van der Waals surface area contributed by atoms with Gasteiger partial charge in [0, 0.05) is 45.2 Å². The van der Waals surface area contributed by atoms with Gasteiger partial charge in [0.2, 0.25) is 11.8 Å². The highest BCUT2D eigenvalue weighted by molar-refractivity contribution is 5.87. The molecule has 1 aliphatic rings. The third-order valence-electron chi connectivity index (χ3n) is 3.79. The van der Waals surface area contributed by atoms with Crippen molar-refractivity contribution in [1.82, 2.24) is 20.0 Å². The van der Waals surface area contributed by atoms with E-state index in [0.29, 0.717) is 18.9 Å². The lowest BCUT2D eigenvalue weighted by Gasteiger charge is -2.32. The molecule has 0 saturated carbocycles. The number of carbonyl (C=O) groups is 2. The minimum atomic E-state index is -0.241. The maximum absolute atomic E-state index is 12.2. The van der Waals surface area contributed by atoms with Crippen molar-refractivity contribution in [3.05, 3.63) is 30.6 Å². The molecule has 0 aliphatic carbocycles. The third kappa shape index (κ3) is 4.18. The summed E-state index contributed by atoms with van der Waals surface area (Å²) < 4.78 is 1.79. The number of rotatable bonds is 5. The van der Waals surface area contributed by atoms with E-state index in [0.717, 1.165) is 25.9 Å². The Labute approximate surface area is 124 Å². The van der Waals surface area contributed by atoms with Crippen LogP contribution in [0.5, 0.6) is 0 Å². The van der Waals surface area contributed by atoms with Crippen molar-refractivity contribution in [2.75, 3.05) is 19.6 Å². The second kappa shape index (κ2) is 7.06. The number of piperidine rings is 1. The van der Waals surface area contributed by atoms with Crippen molar-refractivity contribution in [2.24, 2.45) is 7.05 Å². The Kier molecular flexibility index (Phi) is 5.14. The zero-order chi connectivity index (χ0) is 15.2. The van der Waals surface area contributed by atoms with Gasteiger partial charge < -0.3 is 10.2 Å². The second-order valence-electron chi connectivity index (χ2n) is 5.37. The fourth-order valence-electron chi connectivity index (χ4n) is 2.65. The summed E-state index contributed by atoms with van der Waals surface area (Å²) >= 11 is 0. The van der Waals surface area contributed by atoms with Crippen LogP contribution in [0.25, 0.3) is 0 Å². The monoisotopic (exact) mass is 290 g/mol. The number of nitrogens with one attached hydrogen (secondary N) is 1. The van der Waals surface area contributed by atoms with Gasteiger partial charge >= 0.3 is 0 Å². The molecule has 6 heteroatoms. The van der Waals surface area contributed by atoms with E-state index >= 15 is 0 Å². The molecular formula is C15H22N4O2. The molecular weight excluding hydrogens is 268 g/mol. The number of hydrogen-bond acceptors (Lipinski definition) is 3. The molecule has 0 aromatic carbocycles. The van der Waals surface area contributed by atoms with E-state index in [1.54, 1.807) is 4.68 Å². The maximum atomic E-state index is 12.2. The molecule has 2 rings (SSSR count). The Hall–Kier alpha value is -2.11. The van der Waals surface area contributed by atoms with Crippen LogP contribution in [0.3, 0.4) is 0 Å². The van der Waals surface area contributed by atoms with Crippen LogP contribution in [0.1, 0.15) is 30.7 Å². The number of nitrogens with zero attached hydrogens (tertiary/aromatic N) is 3. The number of aryl methyl sites for hydroxylation is 1. The molecule has 0 spiro atoms. The lowest BCUT2D eigenvalue weighted by Crippen LogP contribution is -2.40. The Bertz CT molecular complexity index is 523. The van der Waals surface area contributed by atoms with Crippen molar-refractivity contribution in [1.29, 1.82) is 0 Å². The molecule has 6 nitrogen and oxygen atoms in total. The first-order valence-corrected chi connectivity index (χ1v) is 7.26. The molecule has 1 aromatic rings. The summed E-state index contributed by atoms with van der Waals surface area (Å²) in [6.07, 6.45) is 7.53. The first kappa shape index (κ1) is 15.3. The lowest BCUT2D eigenvalue weighted by molar-refractivity contribution is -0.132. The van der Waals surface area contributed by atoms with E-state index < -0.39 is 0 Å². The molecule has 1 aromatic heterocycles. The van der Waals surface area contributed by atoms with Gasteiger partial charge in [-0.25, -0.2) is 0 Å². The molecule has 21 heavy (non-hydrogen) atoms. The zero-order valence-electron chi connectivity index (χ0n) is 12.4. The molecule has 2 amide bonds. The molecule has 2 heterocycles. The highest BCUT2D eigenvalue weighted by Gasteiger charge is 2.25. The summed E-state index contributed by atoms with van der Waals surface area (Å²) in [6, 6.07) is 0. The van der Waals surface area contributed by atoms with Crippen LogP contribution in [-0.2, 0) is 16.6 Å². The third-order valence-corrected chi connectivity index (χ3v) is 3.79. The lowest BCUT2D eigenvalue weighted by atomic mass is 9.92. The normalized spacial score (nSPS) is 18.3. The fourth-order valence-corrected chi connectivity index (χ4v) is 2.65. The van der Waals surface area contributed by atoms with E-state index in [1.807, 2.05) is 24.3 Å². The van der Waals surface area contributed by atoms with Crippen LogP contribution < -0.4 is 5.32 Å². The van der Waals surface area contributed by atoms with Gasteiger partial charge in [-0.3, -0.25) is 14.3 Å². The van der Waals surface area contributed by atoms with Crippen LogP contribution in [-0.4, -0.2) is 46.1 Å². The average molecular weight is 290 g/mol. The van der Waals surface area contributed by atoms with Gasteiger partial charge in [0.1, 0.15) is 0 Å². The molecule has 0 bridgehead atoms. The minimum absolute atomic E-state index is 0.0907. The Balaban J connectivity index is 1.84. The van der Waals surface area contributed by atoms with Crippen LogP contribution >= 0.6 is 0 Å². The highest BCUT2D eigenvalue weighted by Crippen LogP contribution is 2.26. The SMILES string of the molecule is C=CC(=O)NCCC(=O)N1CCCC(c2cnn(C)c2)C1. The molecule has 1 fully saturated rings. The van der Waals surface area contributed by atoms with Crippen molar-refractivity contribution in [2.45, 2.75) is 25.2 Å². The standard InChI is InChI=1S/C15H22N4O2/c1-3-14(20)16-7-6-15(21)19-8-4-5-12(11-19)13-9-17-18(2)10-13/h3,9-10,12H,1,4-8,11H2,2H3,(H,16,20). The number of amides is 2. The van der Waals surface area contributed by atoms with Gasteiger partial charge in [0.25, 0.3) is 0 Å². The van der Waals surface area contributed by atoms with Crippen molar-refractivity contribution < 1.29 is 9.59 Å². The highest BCUT2D eigenvalue weighted by atomic mass is 16.2. The van der Waals surface area contributed by atoms with Gasteiger partial charge in [-0.05, 0) is 24.5 Å². The summed E-state index contributed by atoms with van der Waals surface area (Å²) in [5.41, 5.74) is 1.19. The van der Waals surface area contributed by atoms with Crippen molar-refractivity contribution in [3.8, 4) is 0 Å². The summed E-state index contributed by atoms with van der Waals surface area (Å²) in [4.78, 5) is 25.1. The van der Waals surface area contributed by atoms with Gasteiger partial charge in [0.15, 0.2) is 0 Å². The predicted molar refractivity (Wildman–Crippen MR) is 79.6 cm³/mol. The maximum Gasteiger partial charge on any atom is 0.243 e. The fraction of sp³-hybridized carbons (Fsp3) is 0.533. The van der Waals surface area contributed by atoms with E-state index in [-0.39, 0.29) is 11.8 Å². The van der Waals surface area contributed by atoms with Gasteiger partial charge in [0.05, 0.1) is 6.20 Å². The van der Waals surface area contributed by atoms with Crippen LogP contribution in [0.4, 0.5) is 0 Å². The number of hydrogen-bond donors (Lipinski definition) is 1. The van der Waals surface area contributed by atoms with E-state index in [4.69, 9.17) is 0 Å². The minimum Gasteiger partial charge on any atom is -0.352 e. The summed E-state index contributed by atoms with van der Waals surface area (Å²) in [5.74, 6) is 0.210. The van der Waals surface area contributed by atoms with E-state index in [1.165, 1.54) is 11.6 Å². The van der Waals surface area contributed by atoms with Crippen molar-refractivity contribution in [3.63, 3.8) is 0 Å². The van der Waals surface area contributed by atoms with Crippen molar-refractivity contribution >= 4 is 11.8 Å². The Morgan fingerprint density at radius 1 is 1.57 bits per heavy atom. The first-order valence-electron chi connectivity index (χ1n) is 7.26. The van der Waals surface area contributed by atoms with E-state index in [9.17, 15) is 9.59 Å². The number of aromatic nitrogens is 2. The largest absolute Gasteiger partial charge is 0.352 e. The van der Waals surface area contributed by atoms with E-state index in [2.05, 4.69) is 17.0 Å². The number of likely N-dealkylation sites (tertiary alicyclic amines) is 1. The molecule has 114 valence electrons. The summed E-state index contributed by atoms with van der Waals surface area (Å²) in [6.45, 7) is 5.27. The quantitative estimate of drug-likeness (QED) is 0.816. The smallest absolute Gasteiger partial charge is 0.243 e. The predicted octanol–water partition coefficient (Wildman–Crippen LogP) is 0.818. The summed E-state index contributed by atoms with van der Waals surface area (Å²) in [7, 11) is 1.90. The number of carbonyl (C=O) groups excluding carboxylic acids is 2. The molecule has 0 radical (unpaired) electrons. The molecule has 1 saturated heterocycles. The second-order valence-corrected chi connectivity index (χ2v) is 5.37. The molecule has 1 unspecified atom stereocenters. The zero-order valence-corrected chi connectivity index (χ0v) is 12.4.